The van der Waals surface area contributed by atoms with Gasteiger partial charge in [-0.1, -0.05) is 25.2 Å². The second-order valence-corrected chi connectivity index (χ2v) is 5.59. The summed E-state index contributed by atoms with van der Waals surface area (Å²) in [5.74, 6) is 0. The van der Waals surface area contributed by atoms with Crippen LogP contribution in [0.1, 0.15) is 37.6 Å². The summed E-state index contributed by atoms with van der Waals surface area (Å²) >= 11 is 6.80. The molecule has 0 aliphatic rings. The fourth-order valence-electron chi connectivity index (χ4n) is 1.85. The van der Waals surface area contributed by atoms with Gasteiger partial charge in [-0.2, -0.15) is 0 Å². The number of nitrogens with two attached hydrogens (primary N) is 1. The van der Waals surface area contributed by atoms with Gasteiger partial charge >= 0.3 is 0 Å². The lowest BCUT2D eigenvalue weighted by atomic mass is 10.1. The van der Waals surface area contributed by atoms with E-state index in [0.29, 0.717) is 17.1 Å². The van der Waals surface area contributed by atoms with Crippen molar-refractivity contribution in [1.29, 1.82) is 0 Å². The molecule has 2 N–H and O–H groups in total. The molecule has 0 amide bonds. The molecule has 1 aromatic rings. The van der Waals surface area contributed by atoms with E-state index in [9.17, 15) is 0 Å². The Balaban J connectivity index is 2.67. The lowest BCUT2D eigenvalue weighted by Gasteiger charge is -2.32. The highest BCUT2D eigenvalue weighted by Crippen LogP contribution is 2.26. The largest absolute Gasteiger partial charge is 0.393 e. The van der Waals surface area contributed by atoms with Gasteiger partial charge in [0.25, 0.3) is 0 Å². The minimum absolute atomic E-state index is 0.430. The third-order valence-electron chi connectivity index (χ3n) is 3.05. The van der Waals surface area contributed by atoms with Crippen molar-refractivity contribution in [2.45, 2.75) is 38.8 Å². The van der Waals surface area contributed by atoms with Gasteiger partial charge in [-0.15, -0.1) is 11.3 Å². The molecule has 1 aromatic heterocycles. The second-order valence-electron chi connectivity index (χ2n) is 4.09. The molecular formula is C12H20N2S2. The van der Waals surface area contributed by atoms with E-state index in [1.807, 2.05) is 0 Å². The fraction of sp³-hybridized carbons (Fsp3) is 0.583. The third-order valence-corrected chi connectivity index (χ3v) is 4.26. The Morgan fingerprint density at radius 2 is 2.31 bits per heavy atom. The summed E-state index contributed by atoms with van der Waals surface area (Å²) in [6.07, 6.45) is 1.88. The van der Waals surface area contributed by atoms with Gasteiger partial charge in [0.2, 0.25) is 0 Å². The molecule has 2 nitrogen and oxygen atoms in total. The molecule has 0 saturated heterocycles. The van der Waals surface area contributed by atoms with Crippen LogP contribution in [0.3, 0.4) is 0 Å². The average Bonchev–Trinajstić information content (AvgIpc) is 2.76. The molecule has 2 atom stereocenters. The van der Waals surface area contributed by atoms with Crippen molar-refractivity contribution in [3.8, 4) is 0 Å². The zero-order valence-corrected chi connectivity index (χ0v) is 11.8. The van der Waals surface area contributed by atoms with Crippen molar-refractivity contribution in [3.63, 3.8) is 0 Å². The first-order chi connectivity index (χ1) is 7.56. The lowest BCUT2D eigenvalue weighted by molar-refractivity contribution is 0.186. The number of thiophene rings is 1. The Morgan fingerprint density at radius 3 is 2.75 bits per heavy atom. The van der Waals surface area contributed by atoms with E-state index in [1.54, 1.807) is 11.3 Å². The van der Waals surface area contributed by atoms with Gasteiger partial charge < -0.3 is 5.73 Å². The Bertz CT molecular complexity index is 322. The molecule has 4 heteroatoms. The van der Waals surface area contributed by atoms with Crippen molar-refractivity contribution in [2.24, 2.45) is 5.73 Å². The van der Waals surface area contributed by atoms with Crippen molar-refractivity contribution in [3.05, 3.63) is 22.4 Å². The van der Waals surface area contributed by atoms with Crippen LogP contribution in [0.2, 0.25) is 0 Å². The van der Waals surface area contributed by atoms with Crippen LogP contribution in [0.15, 0.2) is 17.5 Å². The number of thiocarbonyl (C=S) groups is 1. The smallest absolute Gasteiger partial charge is 0.0743 e. The van der Waals surface area contributed by atoms with Crippen molar-refractivity contribution >= 4 is 28.5 Å². The first kappa shape index (κ1) is 13.6. The van der Waals surface area contributed by atoms with Crippen LogP contribution in [0.4, 0.5) is 0 Å². The highest BCUT2D eigenvalue weighted by atomic mass is 32.1. The molecule has 1 rings (SSSR count). The zero-order valence-electron chi connectivity index (χ0n) is 10.1. The number of hydrogen-bond acceptors (Lipinski definition) is 3. The van der Waals surface area contributed by atoms with Gasteiger partial charge in [-0.25, -0.2) is 0 Å². The summed E-state index contributed by atoms with van der Waals surface area (Å²) in [6, 6.07) is 5.15. The maximum absolute atomic E-state index is 5.63. The van der Waals surface area contributed by atoms with Gasteiger partial charge in [-0.05, 0) is 31.8 Å². The van der Waals surface area contributed by atoms with Gasteiger partial charge in [-0.3, -0.25) is 4.90 Å². The van der Waals surface area contributed by atoms with E-state index in [1.165, 1.54) is 4.88 Å². The molecule has 0 aromatic carbocycles. The van der Waals surface area contributed by atoms with Crippen LogP contribution < -0.4 is 5.73 Å². The Labute approximate surface area is 107 Å². The minimum Gasteiger partial charge on any atom is -0.393 e. The monoisotopic (exact) mass is 256 g/mol. The third kappa shape index (κ3) is 3.54. The van der Waals surface area contributed by atoms with Crippen LogP contribution >= 0.6 is 23.6 Å². The molecule has 0 fully saturated rings. The molecule has 0 aliphatic heterocycles. The molecule has 1 heterocycles. The first-order valence-electron chi connectivity index (χ1n) is 5.59. The lowest BCUT2D eigenvalue weighted by Crippen LogP contribution is -2.36. The van der Waals surface area contributed by atoms with E-state index >= 15 is 0 Å². The number of hydrogen-bond donors (Lipinski definition) is 1. The maximum Gasteiger partial charge on any atom is 0.0743 e. The van der Waals surface area contributed by atoms with E-state index in [2.05, 4.69) is 43.3 Å². The Hall–Kier alpha value is -0.450. The van der Waals surface area contributed by atoms with Crippen molar-refractivity contribution < 1.29 is 0 Å². The summed E-state index contributed by atoms with van der Waals surface area (Å²) in [5.41, 5.74) is 5.63. The normalized spacial score (nSPS) is 15.0. The van der Waals surface area contributed by atoms with E-state index in [-0.39, 0.29) is 0 Å². The zero-order chi connectivity index (χ0) is 12.1. The van der Waals surface area contributed by atoms with Crippen LogP contribution in [-0.2, 0) is 0 Å². The minimum atomic E-state index is 0.430. The van der Waals surface area contributed by atoms with Crippen molar-refractivity contribution in [1.82, 2.24) is 4.90 Å². The average molecular weight is 256 g/mol. The quantitative estimate of drug-likeness (QED) is 0.793. The molecule has 0 spiro atoms. The highest BCUT2D eigenvalue weighted by molar-refractivity contribution is 7.80. The Morgan fingerprint density at radius 1 is 1.62 bits per heavy atom. The van der Waals surface area contributed by atoms with Crippen LogP contribution in [0, 0.1) is 0 Å². The second kappa shape index (κ2) is 6.33. The molecule has 16 heavy (non-hydrogen) atoms. The van der Waals surface area contributed by atoms with Crippen LogP contribution in [0.25, 0.3) is 0 Å². The standard InChI is InChI=1S/C12H20N2S2/c1-4-10(8-12(13)15)14(3)9(2)11-6-5-7-16-11/h5-7,9-10H,4,8H2,1-3H3,(H2,13,15). The maximum atomic E-state index is 5.63. The molecule has 0 bridgehead atoms. The SMILES string of the molecule is CCC(CC(N)=S)N(C)C(C)c1cccs1. The predicted octanol–water partition coefficient (Wildman–Crippen LogP) is 3.20. The number of nitrogens with zero attached hydrogens (tertiary/aromatic N) is 1. The van der Waals surface area contributed by atoms with E-state index in [4.69, 9.17) is 18.0 Å². The van der Waals surface area contributed by atoms with Crippen LogP contribution in [-0.4, -0.2) is 23.0 Å². The van der Waals surface area contributed by atoms with E-state index < -0.39 is 0 Å². The molecular weight excluding hydrogens is 236 g/mol. The highest BCUT2D eigenvalue weighted by Gasteiger charge is 2.20. The van der Waals surface area contributed by atoms with Crippen molar-refractivity contribution in [2.75, 3.05) is 7.05 Å². The van der Waals surface area contributed by atoms with Gasteiger partial charge in [0.15, 0.2) is 0 Å². The summed E-state index contributed by atoms with van der Waals surface area (Å²) in [4.78, 5) is 4.37. The summed E-state index contributed by atoms with van der Waals surface area (Å²) in [7, 11) is 2.15. The van der Waals surface area contributed by atoms with Gasteiger partial charge in [0.05, 0.1) is 4.99 Å². The molecule has 2 unspecified atom stereocenters. The summed E-state index contributed by atoms with van der Waals surface area (Å²) < 4.78 is 0. The number of rotatable bonds is 6. The topological polar surface area (TPSA) is 29.3 Å². The predicted molar refractivity (Wildman–Crippen MR) is 76.0 cm³/mol. The molecule has 0 radical (unpaired) electrons. The van der Waals surface area contributed by atoms with E-state index in [0.717, 1.165) is 12.8 Å². The summed E-state index contributed by atoms with van der Waals surface area (Å²) in [6.45, 7) is 4.41. The molecule has 90 valence electrons. The molecule has 0 saturated carbocycles. The Kier molecular flexibility index (Phi) is 5.38. The van der Waals surface area contributed by atoms with Crippen LogP contribution in [0.5, 0.6) is 0 Å². The molecule has 0 aliphatic carbocycles. The van der Waals surface area contributed by atoms with Gasteiger partial charge in [0.1, 0.15) is 0 Å². The van der Waals surface area contributed by atoms with Gasteiger partial charge in [0, 0.05) is 23.4 Å². The first-order valence-corrected chi connectivity index (χ1v) is 6.88. The summed E-state index contributed by atoms with van der Waals surface area (Å²) in [5, 5.41) is 2.12. The fourth-order valence-corrected chi connectivity index (χ4v) is 2.88.